The lowest BCUT2D eigenvalue weighted by Crippen LogP contribution is -1.97. The Hall–Kier alpha value is -5.67. The first-order valence-electron chi connectivity index (χ1n) is 14.3. The predicted octanol–water partition coefficient (Wildman–Crippen LogP) is 10.1. The molecule has 0 unspecified atom stereocenters. The average molecular weight is 536 g/mol. The van der Waals surface area contributed by atoms with Crippen molar-refractivity contribution in [2.45, 2.75) is 0 Å². The van der Waals surface area contributed by atoms with Gasteiger partial charge in [0.25, 0.3) is 0 Å². The van der Waals surface area contributed by atoms with Crippen molar-refractivity contribution in [3.63, 3.8) is 0 Å². The number of rotatable bonds is 3. The van der Waals surface area contributed by atoms with E-state index in [9.17, 15) is 0 Å². The number of pyridine rings is 1. The van der Waals surface area contributed by atoms with Crippen molar-refractivity contribution in [3.05, 3.63) is 152 Å². The Balaban J connectivity index is 1.36. The van der Waals surface area contributed by atoms with Crippen molar-refractivity contribution < 1.29 is 0 Å². The van der Waals surface area contributed by atoms with E-state index < -0.39 is 0 Å². The molecule has 0 bridgehead atoms. The number of hydrogen-bond donors (Lipinski definition) is 0. The molecule has 0 saturated heterocycles. The van der Waals surface area contributed by atoms with E-state index in [0.717, 1.165) is 33.5 Å². The fourth-order valence-electron chi connectivity index (χ4n) is 6.67. The van der Waals surface area contributed by atoms with Gasteiger partial charge in [-0.25, -0.2) is 4.98 Å². The smallest absolute Gasteiger partial charge is 0.145 e. The van der Waals surface area contributed by atoms with Crippen LogP contribution in [0.25, 0.3) is 77.0 Å². The Morgan fingerprint density at radius 2 is 1.10 bits per heavy atom. The predicted molar refractivity (Wildman–Crippen MR) is 176 cm³/mol. The van der Waals surface area contributed by atoms with Gasteiger partial charge in [0.2, 0.25) is 0 Å². The van der Waals surface area contributed by atoms with Gasteiger partial charge in [0.15, 0.2) is 0 Å². The number of para-hydroxylation sites is 4. The fraction of sp³-hybridized carbons (Fsp3) is 0. The van der Waals surface area contributed by atoms with Crippen LogP contribution in [-0.4, -0.2) is 14.1 Å². The molecule has 9 rings (SSSR count). The molecule has 0 aliphatic rings. The second-order valence-corrected chi connectivity index (χ2v) is 10.9. The van der Waals surface area contributed by atoms with Crippen LogP contribution in [0.5, 0.6) is 0 Å². The lowest BCUT2D eigenvalue weighted by molar-refractivity contribution is 1.14. The molecule has 0 atom stereocenters. The van der Waals surface area contributed by atoms with Gasteiger partial charge < -0.3 is 4.57 Å². The van der Waals surface area contributed by atoms with Crippen LogP contribution in [0.3, 0.4) is 0 Å². The Morgan fingerprint density at radius 1 is 0.429 bits per heavy atom. The van der Waals surface area contributed by atoms with Crippen LogP contribution in [0.2, 0.25) is 0 Å². The lowest BCUT2D eigenvalue weighted by atomic mass is 10.0. The zero-order chi connectivity index (χ0) is 27.6. The monoisotopic (exact) mass is 535 g/mol. The minimum atomic E-state index is 0.966. The van der Waals surface area contributed by atoms with Crippen LogP contribution in [0, 0.1) is 0 Å². The molecule has 0 fully saturated rings. The van der Waals surface area contributed by atoms with Gasteiger partial charge in [0, 0.05) is 50.2 Å². The maximum absolute atomic E-state index is 5.13. The molecule has 0 aliphatic heterocycles. The van der Waals surface area contributed by atoms with Crippen molar-refractivity contribution in [2.24, 2.45) is 0 Å². The normalized spacial score (nSPS) is 11.8. The van der Waals surface area contributed by atoms with Gasteiger partial charge >= 0.3 is 0 Å². The quantitative estimate of drug-likeness (QED) is 0.221. The summed E-state index contributed by atoms with van der Waals surface area (Å²) in [6, 6.07) is 52.1. The van der Waals surface area contributed by atoms with Gasteiger partial charge in [-0.15, -0.1) is 0 Å². The SMILES string of the molecule is c1ccc(-n2c3ccccc3c3cc(-c4cccc5c6ccccc6n(-c6ccc7ccccc7c6)c45)cnc32)cc1. The molecule has 3 heteroatoms. The molecular formula is C39H25N3. The molecule has 9 aromatic rings. The highest BCUT2D eigenvalue weighted by Gasteiger charge is 2.19. The van der Waals surface area contributed by atoms with Crippen molar-refractivity contribution in [1.82, 2.24) is 14.1 Å². The standard InChI is InChI=1S/C39H25N3/c1-2-13-29(14-3-1)42-37-20-9-7-16-33(37)35-24-28(25-40-39(35)42)31-17-10-18-34-32-15-6-8-19-36(32)41(38(31)34)30-22-21-26-11-4-5-12-27(26)23-30/h1-25H. The van der Waals surface area contributed by atoms with Gasteiger partial charge in [-0.2, -0.15) is 0 Å². The molecule has 6 aromatic carbocycles. The first-order valence-corrected chi connectivity index (χ1v) is 14.3. The molecule has 42 heavy (non-hydrogen) atoms. The summed E-state index contributed by atoms with van der Waals surface area (Å²) in [5.41, 5.74) is 9.06. The molecule has 3 aromatic heterocycles. The minimum Gasteiger partial charge on any atom is -0.309 e. The summed E-state index contributed by atoms with van der Waals surface area (Å²) < 4.78 is 4.69. The van der Waals surface area contributed by atoms with Crippen LogP contribution in [0.1, 0.15) is 0 Å². The van der Waals surface area contributed by atoms with E-state index in [-0.39, 0.29) is 0 Å². The minimum absolute atomic E-state index is 0.966. The topological polar surface area (TPSA) is 22.8 Å². The molecule has 0 spiro atoms. The third-order valence-electron chi connectivity index (χ3n) is 8.52. The van der Waals surface area contributed by atoms with Crippen LogP contribution in [0.15, 0.2) is 152 Å². The van der Waals surface area contributed by atoms with Crippen LogP contribution < -0.4 is 0 Å². The lowest BCUT2D eigenvalue weighted by Gasteiger charge is -2.13. The molecule has 0 amide bonds. The van der Waals surface area contributed by atoms with Crippen LogP contribution in [0.4, 0.5) is 0 Å². The number of fused-ring (bicyclic) bond motifs is 7. The second kappa shape index (κ2) is 8.92. The van der Waals surface area contributed by atoms with E-state index in [1.165, 1.54) is 43.5 Å². The Labute approximate surface area is 242 Å². The average Bonchev–Trinajstić information content (AvgIpc) is 3.58. The van der Waals surface area contributed by atoms with Gasteiger partial charge in [0.05, 0.1) is 16.6 Å². The van der Waals surface area contributed by atoms with E-state index in [2.05, 4.69) is 155 Å². The van der Waals surface area contributed by atoms with Gasteiger partial charge in [-0.3, -0.25) is 4.57 Å². The summed E-state index contributed by atoms with van der Waals surface area (Å²) >= 11 is 0. The van der Waals surface area contributed by atoms with E-state index in [4.69, 9.17) is 4.98 Å². The highest BCUT2D eigenvalue weighted by Crippen LogP contribution is 2.40. The molecule has 3 heterocycles. The highest BCUT2D eigenvalue weighted by atomic mass is 15.0. The van der Waals surface area contributed by atoms with Crippen molar-refractivity contribution >= 4 is 54.5 Å². The number of benzene rings is 6. The summed E-state index contributed by atoms with van der Waals surface area (Å²) in [6.45, 7) is 0. The summed E-state index contributed by atoms with van der Waals surface area (Å²) in [7, 11) is 0. The van der Waals surface area contributed by atoms with Crippen molar-refractivity contribution in [2.75, 3.05) is 0 Å². The summed E-state index contributed by atoms with van der Waals surface area (Å²) in [4.78, 5) is 5.13. The number of nitrogens with zero attached hydrogens (tertiary/aromatic N) is 3. The zero-order valence-electron chi connectivity index (χ0n) is 22.8. The van der Waals surface area contributed by atoms with Gasteiger partial charge in [0.1, 0.15) is 5.65 Å². The molecule has 0 N–H and O–H groups in total. The third-order valence-corrected chi connectivity index (χ3v) is 8.52. The van der Waals surface area contributed by atoms with Gasteiger partial charge in [-0.05, 0) is 53.2 Å². The maximum Gasteiger partial charge on any atom is 0.145 e. The summed E-state index contributed by atoms with van der Waals surface area (Å²) in [6.07, 6.45) is 2.04. The maximum atomic E-state index is 5.13. The molecule has 0 aliphatic carbocycles. The van der Waals surface area contributed by atoms with Crippen LogP contribution in [-0.2, 0) is 0 Å². The first-order chi connectivity index (χ1) is 20.8. The molecule has 0 radical (unpaired) electrons. The summed E-state index contributed by atoms with van der Waals surface area (Å²) in [5, 5.41) is 7.31. The molecule has 3 nitrogen and oxygen atoms in total. The Bertz CT molecular complexity index is 2460. The second-order valence-electron chi connectivity index (χ2n) is 10.9. The number of aromatic nitrogens is 3. The molecule has 196 valence electrons. The Morgan fingerprint density at radius 3 is 1.93 bits per heavy atom. The van der Waals surface area contributed by atoms with Crippen molar-refractivity contribution in [1.29, 1.82) is 0 Å². The first kappa shape index (κ1) is 23.1. The number of hydrogen-bond acceptors (Lipinski definition) is 1. The van der Waals surface area contributed by atoms with E-state index >= 15 is 0 Å². The van der Waals surface area contributed by atoms with E-state index in [1.807, 2.05) is 6.20 Å². The fourth-order valence-corrected chi connectivity index (χ4v) is 6.67. The third kappa shape index (κ3) is 3.31. The van der Waals surface area contributed by atoms with Gasteiger partial charge in [-0.1, -0.05) is 103 Å². The zero-order valence-corrected chi connectivity index (χ0v) is 22.8. The molecule has 0 saturated carbocycles. The Kier molecular flexibility index (Phi) is 4.90. The molecular weight excluding hydrogens is 510 g/mol. The highest BCUT2D eigenvalue weighted by molar-refractivity contribution is 6.15. The largest absolute Gasteiger partial charge is 0.309 e. The van der Waals surface area contributed by atoms with E-state index in [1.54, 1.807) is 0 Å². The summed E-state index contributed by atoms with van der Waals surface area (Å²) in [5.74, 6) is 0. The van der Waals surface area contributed by atoms with E-state index in [0.29, 0.717) is 0 Å². The van der Waals surface area contributed by atoms with Crippen molar-refractivity contribution in [3.8, 4) is 22.5 Å². The van der Waals surface area contributed by atoms with Crippen LogP contribution >= 0.6 is 0 Å².